The monoisotopic (exact) mass is 330 g/mol. The summed E-state index contributed by atoms with van der Waals surface area (Å²) in [6, 6.07) is 10.7. The van der Waals surface area contributed by atoms with Crippen LogP contribution in [0.5, 0.6) is 0 Å². The number of hydrogen-bond donors (Lipinski definition) is 1. The van der Waals surface area contributed by atoms with E-state index in [9.17, 15) is 4.79 Å². The fourth-order valence-electron chi connectivity index (χ4n) is 4.07. The molecule has 1 saturated carbocycles. The molecule has 2 aliphatic rings. The molecule has 3 atom stereocenters. The molecule has 3 unspecified atom stereocenters. The van der Waals surface area contributed by atoms with Gasteiger partial charge in [0.1, 0.15) is 6.61 Å². The molecule has 4 nitrogen and oxygen atoms in total. The number of carbonyl (C=O) groups is 1. The number of ether oxygens (including phenoxy) is 1. The second-order valence-corrected chi connectivity index (χ2v) is 7.51. The first kappa shape index (κ1) is 17.3. The van der Waals surface area contributed by atoms with Crippen LogP contribution in [0.3, 0.4) is 0 Å². The predicted molar refractivity (Wildman–Crippen MR) is 95.7 cm³/mol. The highest BCUT2D eigenvalue weighted by Crippen LogP contribution is 2.38. The van der Waals surface area contributed by atoms with E-state index in [1.54, 1.807) is 0 Å². The highest BCUT2D eigenvalue weighted by Gasteiger charge is 2.37. The molecular formula is C20H30N2O2. The second-order valence-electron chi connectivity index (χ2n) is 7.51. The van der Waals surface area contributed by atoms with Gasteiger partial charge in [0, 0.05) is 25.2 Å². The van der Waals surface area contributed by atoms with Crippen molar-refractivity contribution in [3.63, 3.8) is 0 Å². The molecule has 1 aromatic carbocycles. The van der Waals surface area contributed by atoms with Gasteiger partial charge in [-0.1, -0.05) is 44.2 Å². The van der Waals surface area contributed by atoms with Crippen molar-refractivity contribution in [1.82, 2.24) is 10.2 Å². The van der Waals surface area contributed by atoms with E-state index in [1.165, 1.54) is 19.3 Å². The summed E-state index contributed by atoms with van der Waals surface area (Å²) in [7, 11) is 0. The first-order chi connectivity index (χ1) is 11.7. The van der Waals surface area contributed by atoms with Crippen molar-refractivity contribution in [3.8, 4) is 0 Å². The molecule has 0 spiro atoms. The Morgan fingerprint density at radius 3 is 2.71 bits per heavy atom. The summed E-state index contributed by atoms with van der Waals surface area (Å²) < 4.78 is 5.38. The smallest absolute Gasteiger partial charge is 0.407 e. The topological polar surface area (TPSA) is 41.6 Å². The summed E-state index contributed by atoms with van der Waals surface area (Å²) in [5.74, 6) is 1.50. The molecule has 1 aliphatic carbocycles. The minimum absolute atomic E-state index is 0.199. The molecule has 3 rings (SSSR count). The Morgan fingerprint density at radius 1 is 1.29 bits per heavy atom. The normalized spacial score (nSPS) is 25.9. The van der Waals surface area contributed by atoms with Gasteiger partial charge < -0.3 is 10.1 Å². The highest BCUT2D eigenvalue weighted by atomic mass is 16.5. The van der Waals surface area contributed by atoms with Crippen molar-refractivity contribution in [3.05, 3.63) is 35.9 Å². The molecule has 0 bridgehead atoms. The van der Waals surface area contributed by atoms with Crippen molar-refractivity contribution in [2.24, 2.45) is 11.8 Å². The van der Waals surface area contributed by atoms with Gasteiger partial charge in [0.25, 0.3) is 0 Å². The van der Waals surface area contributed by atoms with Crippen molar-refractivity contribution in [2.45, 2.75) is 58.2 Å². The number of piperidine rings is 1. The average molecular weight is 330 g/mol. The van der Waals surface area contributed by atoms with E-state index in [1.807, 2.05) is 30.3 Å². The molecule has 24 heavy (non-hydrogen) atoms. The molecule has 1 heterocycles. The molecule has 2 fully saturated rings. The van der Waals surface area contributed by atoms with Crippen molar-refractivity contribution >= 4 is 6.09 Å². The molecule has 1 saturated heterocycles. The van der Waals surface area contributed by atoms with Crippen LogP contribution in [-0.2, 0) is 11.3 Å². The quantitative estimate of drug-likeness (QED) is 0.862. The van der Waals surface area contributed by atoms with Crippen molar-refractivity contribution in [1.29, 1.82) is 0 Å². The van der Waals surface area contributed by atoms with Gasteiger partial charge in [0.05, 0.1) is 0 Å². The number of amides is 1. The summed E-state index contributed by atoms with van der Waals surface area (Å²) in [6.07, 6.45) is 4.71. The maximum Gasteiger partial charge on any atom is 0.407 e. The second kappa shape index (κ2) is 8.02. The van der Waals surface area contributed by atoms with E-state index in [0.29, 0.717) is 18.6 Å². The van der Waals surface area contributed by atoms with Gasteiger partial charge in [-0.3, -0.25) is 4.90 Å². The van der Waals surface area contributed by atoms with Gasteiger partial charge in [-0.05, 0) is 43.1 Å². The fraction of sp³-hybridized carbons (Fsp3) is 0.650. The summed E-state index contributed by atoms with van der Waals surface area (Å²) in [4.78, 5) is 14.7. The van der Waals surface area contributed by atoms with E-state index < -0.39 is 0 Å². The summed E-state index contributed by atoms with van der Waals surface area (Å²) in [6.45, 7) is 7.03. The maximum atomic E-state index is 12.1. The van der Waals surface area contributed by atoms with Crippen LogP contribution in [0.2, 0.25) is 0 Å². The van der Waals surface area contributed by atoms with Crippen LogP contribution in [0.4, 0.5) is 4.79 Å². The minimum Gasteiger partial charge on any atom is -0.445 e. The largest absolute Gasteiger partial charge is 0.445 e. The SMILES string of the molecule is CCC(C1CC1)N1CC(C)CC(NC(=O)OCc2ccccc2)C1. The third kappa shape index (κ3) is 4.73. The Kier molecular flexibility index (Phi) is 5.77. The minimum atomic E-state index is -0.294. The Hall–Kier alpha value is -1.55. The Labute approximate surface area is 145 Å². The highest BCUT2D eigenvalue weighted by molar-refractivity contribution is 5.67. The first-order valence-corrected chi connectivity index (χ1v) is 9.37. The van der Waals surface area contributed by atoms with Crippen LogP contribution in [0.15, 0.2) is 30.3 Å². The number of carbonyl (C=O) groups excluding carboxylic acids is 1. The van der Waals surface area contributed by atoms with E-state index >= 15 is 0 Å². The van der Waals surface area contributed by atoms with Gasteiger partial charge in [-0.2, -0.15) is 0 Å². The Morgan fingerprint density at radius 2 is 2.04 bits per heavy atom. The molecule has 132 valence electrons. The molecule has 1 aliphatic heterocycles. The zero-order chi connectivity index (χ0) is 16.9. The summed E-state index contributed by atoms with van der Waals surface area (Å²) >= 11 is 0. The van der Waals surface area contributed by atoms with Crippen molar-refractivity contribution in [2.75, 3.05) is 13.1 Å². The van der Waals surface area contributed by atoms with Crippen LogP contribution in [0.1, 0.15) is 45.1 Å². The maximum absolute atomic E-state index is 12.1. The van der Waals surface area contributed by atoms with E-state index in [-0.39, 0.29) is 12.1 Å². The lowest BCUT2D eigenvalue weighted by molar-refractivity contribution is 0.0812. The van der Waals surface area contributed by atoms with Crippen molar-refractivity contribution < 1.29 is 9.53 Å². The average Bonchev–Trinajstić information content (AvgIpc) is 3.39. The van der Waals surface area contributed by atoms with Gasteiger partial charge in [-0.15, -0.1) is 0 Å². The van der Waals surface area contributed by atoms with Crippen LogP contribution < -0.4 is 5.32 Å². The number of nitrogens with one attached hydrogen (secondary N) is 1. The number of hydrogen-bond acceptors (Lipinski definition) is 3. The fourth-order valence-corrected chi connectivity index (χ4v) is 4.07. The summed E-state index contributed by atoms with van der Waals surface area (Å²) in [5, 5.41) is 3.08. The zero-order valence-electron chi connectivity index (χ0n) is 14.9. The molecule has 0 radical (unpaired) electrons. The van der Waals surface area contributed by atoms with Crippen LogP contribution >= 0.6 is 0 Å². The van der Waals surface area contributed by atoms with Gasteiger partial charge in [0.15, 0.2) is 0 Å². The molecule has 4 heteroatoms. The van der Waals surface area contributed by atoms with E-state index in [2.05, 4.69) is 24.1 Å². The number of likely N-dealkylation sites (tertiary alicyclic amines) is 1. The first-order valence-electron chi connectivity index (χ1n) is 9.37. The van der Waals surface area contributed by atoms with Gasteiger partial charge in [0.2, 0.25) is 0 Å². The summed E-state index contributed by atoms with van der Waals surface area (Å²) in [5.41, 5.74) is 1.02. The molecule has 1 aromatic rings. The van der Waals surface area contributed by atoms with E-state index in [0.717, 1.165) is 31.0 Å². The van der Waals surface area contributed by atoms with E-state index in [4.69, 9.17) is 4.74 Å². The van der Waals surface area contributed by atoms with Crippen LogP contribution in [-0.4, -0.2) is 36.2 Å². The molecule has 1 N–H and O–H groups in total. The lowest BCUT2D eigenvalue weighted by Crippen LogP contribution is -2.53. The predicted octanol–water partition coefficient (Wildman–Crippen LogP) is 3.81. The number of nitrogens with zero attached hydrogens (tertiary/aromatic N) is 1. The standard InChI is InChI=1S/C20H30N2O2/c1-3-19(17-9-10-17)22-12-15(2)11-18(13-22)21-20(23)24-14-16-7-5-4-6-8-16/h4-8,15,17-19H,3,9-14H2,1-2H3,(H,21,23). The lowest BCUT2D eigenvalue weighted by atomic mass is 9.93. The molecule has 1 amide bonds. The van der Waals surface area contributed by atoms with Crippen LogP contribution in [0, 0.1) is 11.8 Å². The third-order valence-corrected chi connectivity index (χ3v) is 5.28. The van der Waals surface area contributed by atoms with Gasteiger partial charge in [-0.25, -0.2) is 4.79 Å². The molecular weight excluding hydrogens is 300 g/mol. The zero-order valence-corrected chi connectivity index (χ0v) is 14.9. The number of benzene rings is 1. The Balaban J connectivity index is 1.49. The number of rotatable bonds is 6. The third-order valence-electron chi connectivity index (χ3n) is 5.28. The molecule has 0 aromatic heterocycles. The van der Waals surface area contributed by atoms with Crippen LogP contribution in [0.25, 0.3) is 0 Å². The lowest BCUT2D eigenvalue weighted by Gasteiger charge is -2.41. The Bertz CT molecular complexity index is 530. The number of alkyl carbamates (subject to hydrolysis) is 1. The van der Waals surface area contributed by atoms with Gasteiger partial charge >= 0.3 is 6.09 Å².